The van der Waals surface area contributed by atoms with Crippen LogP contribution in [0.1, 0.15) is 93.3 Å². The van der Waals surface area contributed by atoms with Crippen LogP contribution in [0.15, 0.2) is 70.7 Å². The summed E-state index contributed by atoms with van der Waals surface area (Å²) in [5, 5.41) is 21.5. The number of rotatable bonds is 9. The van der Waals surface area contributed by atoms with Gasteiger partial charge in [0.1, 0.15) is 17.3 Å². The first kappa shape index (κ1) is 31.5. The maximum absolute atomic E-state index is 13.2. The highest BCUT2D eigenvalue weighted by Crippen LogP contribution is 2.54. The molecule has 5 heterocycles. The molecule has 1 aliphatic heterocycles. The smallest absolute Gasteiger partial charge is 0.234 e. The average molecular weight is 678 g/mol. The number of aryl methyl sites for hydroxylation is 1. The molecule has 8 rings (SSSR count). The molecule has 252 valence electrons. The van der Waals surface area contributed by atoms with Crippen LogP contribution < -0.4 is 10.6 Å². The number of aliphatic imine (C=N–C) groups is 1. The lowest BCUT2D eigenvalue weighted by molar-refractivity contribution is -0.118. The van der Waals surface area contributed by atoms with Gasteiger partial charge in [0.15, 0.2) is 0 Å². The van der Waals surface area contributed by atoms with Crippen molar-refractivity contribution in [2.45, 2.75) is 77.6 Å². The van der Waals surface area contributed by atoms with Crippen LogP contribution in [0, 0.1) is 24.7 Å². The molecule has 2 saturated carbocycles. The fourth-order valence-electron chi connectivity index (χ4n) is 7.03. The number of aromatic nitrogens is 6. The number of nitrogens with one attached hydrogen (secondary N) is 4. The van der Waals surface area contributed by atoms with Crippen molar-refractivity contribution in [1.82, 2.24) is 29.8 Å². The van der Waals surface area contributed by atoms with E-state index in [0.29, 0.717) is 34.2 Å². The minimum absolute atomic E-state index is 0.0872. The number of anilines is 2. The number of pyridine rings is 1. The molecule has 2 amide bonds. The lowest BCUT2D eigenvalue weighted by atomic mass is 9.89. The number of imidazole rings is 1. The van der Waals surface area contributed by atoms with Crippen LogP contribution in [0.25, 0.3) is 5.65 Å². The van der Waals surface area contributed by atoms with Crippen LogP contribution in [-0.4, -0.2) is 47.3 Å². The Morgan fingerprint density at radius 3 is 2.41 bits per heavy atom. The first-order valence-corrected chi connectivity index (χ1v) is 17.5. The number of halogens is 1. The molecule has 11 nitrogen and oxygen atoms in total. The van der Waals surface area contributed by atoms with Gasteiger partial charge in [-0.25, -0.2) is 4.98 Å². The number of carbonyl (C=O) groups excluding carboxylic acids is 2. The van der Waals surface area contributed by atoms with Crippen LogP contribution in [-0.2, 0) is 9.59 Å². The molecular formula is C37H40ClN9O2. The first-order chi connectivity index (χ1) is 23.6. The number of allylic oxidation sites excluding steroid dienone is 5. The molecule has 4 N–H and O–H groups in total. The number of H-pyrrole nitrogens is 2. The van der Waals surface area contributed by atoms with Crippen molar-refractivity contribution in [3.8, 4) is 0 Å². The molecule has 4 aliphatic rings. The first-order valence-electron chi connectivity index (χ1n) is 17.2. The van der Waals surface area contributed by atoms with E-state index in [0.717, 1.165) is 66.1 Å². The molecule has 0 aromatic carbocycles. The number of nitrogens with zero attached hydrogens (tertiary/aromatic N) is 5. The average Bonchev–Trinajstić information content (AvgIpc) is 3.85. The topological polar surface area (TPSA) is 145 Å². The van der Waals surface area contributed by atoms with Crippen molar-refractivity contribution in [1.29, 1.82) is 0 Å². The molecule has 5 atom stereocenters. The van der Waals surface area contributed by atoms with Gasteiger partial charge in [-0.2, -0.15) is 10.2 Å². The van der Waals surface area contributed by atoms with Gasteiger partial charge in [0.2, 0.25) is 11.8 Å². The molecular weight excluding hydrogens is 638 g/mol. The predicted molar refractivity (Wildman–Crippen MR) is 190 cm³/mol. The Morgan fingerprint density at radius 2 is 1.65 bits per heavy atom. The molecule has 3 aliphatic carbocycles. The molecule has 2 fully saturated rings. The number of hydrogen-bond donors (Lipinski definition) is 4. The summed E-state index contributed by atoms with van der Waals surface area (Å²) in [6.07, 6.45) is 15.6. The van der Waals surface area contributed by atoms with Crippen LogP contribution in [0.2, 0.25) is 5.02 Å². The molecule has 0 bridgehead atoms. The highest BCUT2D eigenvalue weighted by atomic mass is 35.5. The maximum Gasteiger partial charge on any atom is 0.234 e. The second kappa shape index (κ2) is 12.3. The fourth-order valence-corrected chi connectivity index (χ4v) is 7.19. The molecule has 0 radical (unpaired) electrons. The van der Waals surface area contributed by atoms with E-state index in [-0.39, 0.29) is 29.6 Å². The van der Waals surface area contributed by atoms with Crippen molar-refractivity contribution in [2.75, 3.05) is 10.6 Å². The Morgan fingerprint density at radius 1 is 0.939 bits per heavy atom. The zero-order valence-electron chi connectivity index (χ0n) is 28.0. The van der Waals surface area contributed by atoms with E-state index in [1.165, 1.54) is 11.1 Å². The summed E-state index contributed by atoms with van der Waals surface area (Å²) in [6, 6.07) is 5.80. The van der Waals surface area contributed by atoms with Gasteiger partial charge >= 0.3 is 0 Å². The van der Waals surface area contributed by atoms with Crippen LogP contribution in [0.5, 0.6) is 0 Å². The van der Waals surface area contributed by atoms with Gasteiger partial charge in [0.25, 0.3) is 0 Å². The minimum Gasteiger partial charge on any atom is -0.311 e. The Hall–Kier alpha value is -4.77. The van der Waals surface area contributed by atoms with E-state index in [4.69, 9.17) is 16.6 Å². The lowest BCUT2D eigenvalue weighted by Gasteiger charge is -2.15. The maximum atomic E-state index is 13.2. The van der Waals surface area contributed by atoms with Crippen LogP contribution in [0.3, 0.4) is 0 Å². The highest BCUT2D eigenvalue weighted by molar-refractivity contribution is 6.31. The van der Waals surface area contributed by atoms with Crippen LogP contribution in [0.4, 0.5) is 11.6 Å². The van der Waals surface area contributed by atoms with E-state index in [1.54, 1.807) is 0 Å². The summed E-state index contributed by atoms with van der Waals surface area (Å²) in [7, 11) is 0. The third-order valence-corrected chi connectivity index (χ3v) is 10.8. The van der Waals surface area contributed by atoms with Crippen LogP contribution >= 0.6 is 11.6 Å². The number of amides is 2. The Kier molecular flexibility index (Phi) is 7.89. The highest BCUT2D eigenvalue weighted by Gasteiger charge is 2.43. The summed E-state index contributed by atoms with van der Waals surface area (Å²) < 4.78 is 1.85. The monoisotopic (exact) mass is 677 g/mol. The van der Waals surface area contributed by atoms with Gasteiger partial charge in [-0.05, 0) is 94.6 Å². The summed E-state index contributed by atoms with van der Waals surface area (Å²) in [6.45, 7) is 7.84. The summed E-state index contributed by atoms with van der Waals surface area (Å²) in [5.41, 5.74) is 8.71. The summed E-state index contributed by atoms with van der Waals surface area (Å²) >= 11 is 6.27. The second-order valence-corrected chi connectivity index (χ2v) is 14.5. The quantitative estimate of drug-likeness (QED) is 0.146. The lowest BCUT2D eigenvalue weighted by Crippen LogP contribution is -2.21. The van der Waals surface area contributed by atoms with Gasteiger partial charge < -0.3 is 15.0 Å². The van der Waals surface area contributed by atoms with E-state index in [1.807, 2.05) is 55.8 Å². The van der Waals surface area contributed by atoms with Gasteiger partial charge in [0.05, 0.1) is 33.9 Å². The number of hydrogen-bond acceptors (Lipinski definition) is 6. The van der Waals surface area contributed by atoms with Crippen molar-refractivity contribution < 1.29 is 9.59 Å². The molecule has 49 heavy (non-hydrogen) atoms. The van der Waals surface area contributed by atoms with E-state index >= 15 is 0 Å². The van der Waals surface area contributed by atoms with Gasteiger partial charge in [-0.15, -0.1) is 0 Å². The van der Waals surface area contributed by atoms with Crippen molar-refractivity contribution in [2.24, 2.45) is 22.7 Å². The van der Waals surface area contributed by atoms with Crippen molar-refractivity contribution in [3.63, 3.8) is 0 Å². The second-order valence-electron chi connectivity index (χ2n) is 14.1. The fraction of sp³-hybridized carbons (Fsp3) is 0.405. The van der Waals surface area contributed by atoms with Gasteiger partial charge in [0, 0.05) is 53.7 Å². The minimum atomic E-state index is -0.460. The molecule has 4 aromatic heterocycles. The SMILES string of the molecule is CC1=C/C2=NC([C@H](C)C(=O)Nc3cc(C4CC4)n[nH]3)=CC2CC/C=C\1C1CC1c1cc(NC(=O)[C@@H](C)c2cn3cc(Cl)c(C)cc3n2)[nH]n1. The van der Waals surface area contributed by atoms with E-state index in [2.05, 4.69) is 61.2 Å². The third kappa shape index (κ3) is 6.27. The third-order valence-electron chi connectivity index (χ3n) is 10.4. The normalized spacial score (nSPS) is 25.1. The zero-order chi connectivity index (χ0) is 34.0. The summed E-state index contributed by atoms with van der Waals surface area (Å²) in [4.78, 5) is 35.9. The molecule has 3 unspecified atom stereocenters. The molecule has 4 aromatic rings. The summed E-state index contributed by atoms with van der Waals surface area (Å²) in [5.74, 6) is 1.51. The largest absolute Gasteiger partial charge is 0.311 e. The number of aromatic amines is 2. The standard InChI is InChI=1S/C37H40ClN9O2/c1-18-10-29-23(12-28(39-29)20(3)36(48)41-33-14-30(43-45-33)22-8-9-22)6-5-7-24(18)25-13-26(25)31-15-34(46-44-31)42-37(49)21(4)32-17-47-16-27(38)19(2)11-35(47)40-32/h7,10-12,14-17,20-23,25-26H,5-6,8-9,13H2,1-4H3,(H2,41,43,45,48)(H2,42,44,46,49)/b18-10-,24-7+/t20-,21-,23?,25?,26?/m0/s1. The molecule has 0 spiro atoms. The predicted octanol–water partition coefficient (Wildman–Crippen LogP) is 7.36. The van der Waals surface area contributed by atoms with Gasteiger partial charge in [-0.3, -0.25) is 24.8 Å². The number of carbonyl (C=O) groups is 2. The van der Waals surface area contributed by atoms with E-state index < -0.39 is 5.92 Å². The van der Waals surface area contributed by atoms with Crippen molar-refractivity contribution in [3.05, 3.63) is 93.3 Å². The Labute approximate surface area is 289 Å². The number of fused-ring (bicyclic) bond motifs is 2. The molecule has 12 heteroatoms. The zero-order valence-corrected chi connectivity index (χ0v) is 28.8. The Bertz CT molecular complexity index is 2070. The van der Waals surface area contributed by atoms with E-state index in [9.17, 15) is 9.59 Å². The van der Waals surface area contributed by atoms with Crippen molar-refractivity contribution >= 4 is 46.4 Å². The molecule has 0 saturated heterocycles. The Balaban J connectivity index is 0.890. The van der Waals surface area contributed by atoms with Gasteiger partial charge in [-0.1, -0.05) is 23.8 Å².